The van der Waals surface area contributed by atoms with Crippen molar-refractivity contribution in [1.82, 2.24) is 9.47 Å². The molecule has 0 bridgehead atoms. The van der Waals surface area contributed by atoms with Crippen molar-refractivity contribution in [3.8, 4) is 0 Å². The first-order valence-electron chi connectivity index (χ1n) is 5.44. The lowest BCUT2D eigenvalue weighted by molar-refractivity contribution is 0.0756. The van der Waals surface area contributed by atoms with Crippen LogP contribution in [0.1, 0.15) is 23.8 Å². The molecule has 0 spiro atoms. The van der Waals surface area contributed by atoms with Gasteiger partial charge in [-0.15, -0.1) is 0 Å². The number of rotatable bonds is 1. The molecule has 0 saturated carbocycles. The Bertz CT molecular complexity index is 445. The van der Waals surface area contributed by atoms with Gasteiger partial charge in [0.2, 0.25) is 0 Å². The number of amides is 1. The van der Waals surface area contributed by atoms with Crippen molar-refractivity contribution in [2.75, 3.05) is 18.8 Å². The van der Waals surface area contributed by atoms with Gasteiger partial charge in [0.1, 0.15) is 5.69 Å². The summed E-state index contributed by atoms with van der Waals surface area (Å²) in [6, 6.07) is 1.73. The molecule has 0 radical (unpaired) electrons. The average molecular weight is 219 g/mol. The van der Waals surface area contributed by atoms with Gasteiger partial charge in [-0.2, -0.15) is 0 Å². The minimum Gasteiger partial charge on any atom is -0.397 e. The van der Waals surface area contributed by atoms with Gasteiger partial charge in [-0.1, -0.05) is 11.6 Å². The number of carbonyl (C=O) groups excluding carboxylic acids is 1. The molecule has 4 heteroatoms. The van der Waals surface area contributed by atoms with Gasteiger partial charge < -0.3 is 15.2 Å². The van der Waals surface area contributed by atoms with Crippen LogP contribution in [0.3, 0.4) is 0 Å². The van der Waals surface area contributed by atoms with E-state index in [1.807, 2.05) is 11.9 Å². The minimum atomic E-state index is 0.0617. The highest BCUT2D eigenvalue weighted by Gasteiger charge is 2.20. The molecule has 0 aromatic carbocycles. The SMILES string of the molecule is CC1=CCCN(C(=O)c2cc(N)cn2C)C1. The molecular formula is C12H17N3O. The number of nitrogens with zero attached hydrogens (tertiary/aromatic N) is 2. The Hall–Kier alpha value is -1.71. The minimum absolute atomic E-state index is 0.0617. The number of nitrogen functional groups attached to an aromatic ring is 1. The van der Waals surface area contributed by atoms with E-state index in [0.29, 0.717) is 11.4 Å². The van der Waals surface area contributed by atoms with Crippen LogP contribution in [0.4, 0.5) is 5.69 Å². The Morgan fingerprint density at radius 3 is 2.81 bits per heavy atom. The summed E-state index contributed by atoms with van der Waals surface area (Å²) in [6.45, 7) is 3.57. The molecule has 0 atom stereocenters. The zero-order valence-electron chi connectivity index (χ0n) is 9.73. The summed E-state index contributed by atoms with van der Waals surface area (Å²) in [7, 11) is 1.84. The first kappa shape index (κ1) is 10.8. The smallest absolute Gasteiger partial charge is 0.270 e. The van der Waals surface area contributed by atoms with Crippen LogP contribution in [0, 0.1) is 0 Å². The van der Waals surface area contributed by atoms with Crippen LogP contribution in [0.2, 0.25) is 0 Å². The second-order valence-corrected chi connectivity index (χ2v) is 4.34. The van der Waals surface area contributed by atoms with E-state index in [-0.39, 0.29) is 5.91 Å². The van der Waals surface area contributed by atoms with Gasteiger partial charge in [0.15, 0.2) is 0 Å². The largest absolute Gasteiger partial charge is 0.397 e. The number of nitrogens with two attached hydrogens (primary N) is 1. The molecule has 4 nitrogen and oxygen atoms in total. The van der Waals surface area contributed by atoms with E-state index in [9.17, 15) is 4.79 Å². The normalized spacial score (nSPS) is 16.1. The van der Waals surface area contributed by atoms with Crippen molar-refractivity contribution in [2.24, 2.45) is 7.05 Å². The molecule has 0 aliphatic carbocycles. The third-order valence-corrected chi connectivity index (χ3v) is 2.86. The fraction of sp³-hybridized carbons (Fsp3) is 0.417. The number of carbonyl (C=O) groups is 1. The van der Waals surface area contributed by atoms with Gasteiger partial charge >= 0.3 is 0 Å². The second-order valence-electron chi connectivity index (χ2n) is 4.34. The van der Waals surface area contributed by atoms with Gasteiger partial charge in [0.25, 0.3) is 5.91 Å². The van der Waals surface area contributed by atoms with E-state index >= 15 is 0 Å². The molecule has 2 N–H and O–H groups in total. The number of hydrogen-bond acceptors (Lipinski definition) is 2. The lowest BCUT2D eigenvalue weighted by Gasteiger charge is -2.26. The van der Waals surface area contributed by atoms with Crippen LogP contribution in [0.5, 0.6) is 0 Å². The van der Waals surface area contributed by atoms with E-state index in [4.69, 9.17) is 5.73 Å². The molecule has 1 aromatic heterocycles. The van der Waals surface area contributed by atoms with Crippen molar-refractivity contribution >= 4 is 11.6 Å². The summed E-state index contributed by atoms with van der Waals surface area (Å²) in [5.41, 5.74) is 8.22. The van der Waals surface area contributed by atoms with Crippen molar-refractivity contribution in [2.45, 2.75) is 13.3 Å². The molecule has 16 heavy (non-hydrogen) atoms. The van der Waals surface area contributed by atoms with Crippen LogP contribution in [-0.4, -0.2) is 28.5 Å². The van der Waals surface area contributed by atoms with Crippen LogP contribution in [0.15, 0.2) is 23.9 Å². The number of aryl methyl sites for hydroxylation is 1. The second kappa shape index (κ2) is 4.04. The van der Waals surface area contributed by atoms with Crippen LogP contribution in [-0.2, 0) is 7.05 Å². The van der Waals surface area contributed by atoms with E-state index in [1.54, 1.807) is 16.8 Å². The van der Waals surface area contributed by atoms with Gasteiger partial charge in [-0.05, 0) is 19.4 Å². The van der Waals surface area contributed by atoms with E-state index in [1.165, 1.54) is 5.57 Å². The Balaban J connectivity index is 2.19. The molecule has 0 fully saturated rings. The molecule has 2 rings (SSSR count). The van der Waals surface area contributed by atoms with E-state index in [0.717, 1.165) is 19.5 Å². The van der Waals surface area contributed by atoms with Crippen molar-refractivity contribution in [3.63, 3.8) is 0 Å². The molecule has 1 aliphatic rings. The molecular weight excluding hydrogens is 202 g/mol. The van der Waals surface area contributed by atoms with E-state index < -0.39 is 0 Å². The quantitative estimate of drug-likeness (QED) is 0.726. The monoisotopic (exact) mass is 219 g/mol. The maximum atomic E-state index is 12.2. The van der Waals surface area contributed by atoms with E-state index in [2.05, 4.69) is 13.0 Å². The Kier molecular flexibility index (Phi) is 2.73. The number of hydrogen-bond donors (Lipinski definition) is 1. The average Bonchev–Trinajstić information content (AvgIpc) is 2.57. The lowest BCUT2D eigenvalue weighted by atomic mass is 10.1. The number of anilines is 1. The third-order valence-electron chi connectivity index (χ3n) is 2.86. The molecule has 86 valence electrons. The van der Waals surface area contributed by atoms with Crippen LogP contribution >= 0.6 is 0 Å². The maximum absolute atomic E-state index is 12.2. The molecule has 0 saturated heterocycles. The van der Waals surface area contributed by atoms with Gasteiger partial charge in [0.05, 0.1) is 5.69 Å². The predicted molar refractivity (Wildman–Crippen MR) is 64.1 cm³/mol. The highest BCUT2D eigenvalue weighted by Crippen LogP contribution is 2.15. The Morgan fingerprint density at radius 2 is 2.25 bits per heavy atom. The molecule has 1 aliphatic heterocycles. The van der Waals surface area contributed by atoms with Gasteiger partial charge in [-0.3, -0.25) is 4.79 Å². The summed E-state index contributed by atoms with van der Waals surface area (Å²) in [6.07, 6.45) is 4.89. The molecule has 1 aromatic rings. The van der Waals surface area contributed by atoms with Crippen molar-refractivity contribution < 1.29 is 4.79 Å². The van der Waals surface area contributed by atoms with Gasteiger partial charge in [0, 0.05) is 26.3 Å². The summed E-state index contributed by atoms with van der Waals surface area (Å²) >= 11 is 0. The van der Waals surface area contributed by atoms with Crippen LogP contribution in [0.25, 0.3) is 0 Å². The lowest BCUT2D eigenvalue weighted by Crippen LogP contribution is -2.36. The summed E-state index contributed by atoms with van der Waals surface area (Å²) in [4.78, 5) is 14.1. The predicted octanol–water partition coefficient (Wildman–Crippen LogP) is 1.40. The Labute approximate surface area is 95.3 Å². The highest BCUT2D eigenvalue weighted by molar-refractivity contribution is 5.94. The summed E-state index contributed by atoms with van der Waals surface area (Å²) < 4.78 is 1.78. The zero-order chi connectivity index (χ0) is 11.7. The van der Waals surface area contributed by atoms with Gasteiger partial charge in [-0.25, -0.2) is 0 Å². The standard InChI is InChI=1S/C12H17N3O/c1-9-4-3-5-15(7-9)12(16)11-6-10(13)8-14(11)2/h4,6,8H,3,5,7,13H2,1-2H3. The number of aromatic nitrogens is 1. The molecule has 0 unspecified atom stereocenters. The molecule has 2 heterocycles. The fourth-order valence-electron chi connectivity index (χ4n) is 2.05. The maximum Gasteiger partial charge on any atom is 0.270 e. The molecule has 1 amide bonds. The van der Waals surface area contributed by atoms with Crippen molar-refractivity contribution in [3.05, 3.63) is 29.6 Å². The fourth-order valence-corrected chi connectivity index (χ4v) is 2.05. The highest BCUT2D eigenvalue weighted by atomic mass is 16.2. The topological polar surface area (TPSA) is 51.3 Å². The first-order chi connectivity index (χ1) is 7.58. The van der Waals surface area contributed by atoms with Crippen LogP contribution < -0.4 is 5.73 Å². The van der Waals surface area contributed by atoms with Crippen molar-refractivity contribution in [1.29, 1.82) is 0 Å². The third kappa shape index (κ3) is 1.96. The first-order valence-corrected chi connectivity index (χ1v) is 5.44. The Morgan fingerprint density at radius 1 is 1.50 bits per heavy atom. The summed E-state index contributed by atoms with van der Waals surface area (Å²) in [5, 5.41) is 0. The summed E-state index contributed by atoms with van der Waals surface area (Å²) in [5.74, 6) is 0.0617. The zero-order valence-corrected chi connectivity index (χ0v) is 9.73.